The van der Waals surface area contributed by atoms with Crippen LogP contribution in [0.1, 0.15) is 37.3 Å². The summed E-state index contributed by atoms with van der Waals surface area (Å²) in [7, 11) is 0. The lowest BCUT2D eigenvalue weighted by Crippen LogP contribution is -2.28. The van der Waals surface area contributed by atoms with Crippen molar-refractivity contribution in [3.05, 3.63) is 23.4 Å². The molecule has 0 saturated heterocycles. The van der Waals surface area contributed by atoms with E-state index < -0.39 is 0 Å². The molecule has 0 aromatic carbocycles. The van der Waals surface area contributed by atoms with Crippen LogP contribution in [0.3, 0.4) is 0 Å². The van der Waals surface area contributed by atoms with Gasteiger partial charge in [-0.2, -0.15) is 5.26 Å². The summed E-state index contributed by atoms with van der Waals surface area (Å²) in [6.45, 7) is 5.13. The third-order valence-corrected chi connectivity index (χ3v) is 2.98. The van der Waals surface area contributed by atoms with Crippen molar-refractivity contribution in [1.82, 2.24) is 4.98 Å². The Morgan fingerprint density at radius 1 is 1.56 bits per heavy atom. The first-order valence-corrected chi connectivity index (χ1v) is 5.90. The molecule has 84 valence electrons. The van der Waals surface area contributed by atoms with Gasteiger partial charge in [0.1, 0.15) is 11.9 Å². The van der Waals surface area contributed by atoms with E-state index in [4.69, 9.17) is 0 Å². The minimum absolute atomic E-state index is 0.612. The predicted octanol–water partition coefficient (Wildman–Crippen LogP) is 2.64. The Bertz CT molecular complexity index is 416. The molecule has 0 radical (unpaired) electrons. The number of rotatable bonds is 4. The van der Waals surface area contributed by atoms with Gasteiger partial charge in [-0.05, 0) is 37.8 Å². The van der Waals surface area contributed by atoms with E-state index in [1.165, 1.54) is 12.8 Å². The highest BCUT2D eigenvalue weighted by Crippen LogP contribution is 2.32. The summed E-state index contributed by atoms with van der Waals surface area (Å²) in [5.41, 5.74) is 1.76. The number of hydrogen-bond acceptors (Lipinski definition) is 3. The van der Waals surface area contributed by atoms with Crippen LogP contribution in [0, 0.1) is 18.3 Å². The van der Waals surface area contributed by atoms with Crippen LogP contribution < -0.4 is 4.90 Å². The van der Waals surface area contributed by atoms with Gasteiger partial charge in [0.05, 0.1) is 5.56 Å². The second kappa shape index (κ2) is 4.52. The smallest absolute Gasteiger partial charge is 0.146 e. The lowest BCUT2D eigenvalue weighted by Gasteiger charge is -2.24. The SMILES string of the molecule is CCCN(c1nccc(C)c1C#N)C1CC1. The lowest BCUT2D eigenvalue weighted by molar-refractivity contribution is 0.748. The van der Waals surface area contributed by atoms with Crippen molar-refractivity contribution < 1.29 is 0 Å². The molecular formula is C13H17N3. The van der Waals surface area contributed by atoms with Crippen LogP contribution in [-0.4, -0.2) is 17.6 Å². The zero-order valence-corrected chi connectivity index (χ0v) is 9.90. The summed E-state index contributed by atoms with van der Waals surface area (Å²) in [6, 6.07) is 4.80. The van der Waals surface area contributed by atoms with Crippen LogP contribution in [0.5, 0.6) is 0 Å². The third kappa shape index (κ3) is 2.01. The molecule has 1 heterocycles. The first-order chi connectivity index (χ1) is 7.77. The third-order valence-electron chi connectivity index (χ3n) is 2.98. The number of nitriles is 1. The molecule has 1 aliphatic carbocycles. The standard InChI is InChI=1S/C13H17N3/c1-3-8-16(11-4-5-11)13-12(9-14)10(2)6-7-15-13/h6-7,11H,3-5,8H2,1-2H3. The Morgan fingerprint density at radius 3 is 2.88 bits per heavy atom. The molecule has 16 heavy (non-hydrogen) atoms. The molecule has 3 heteroatoms. The van der Waals surface area contributed by atoms with Crippen molar-refractivity contribution in [1.29, 1.82) is 5.26 Å². The number of hydrogen-bond donors (Lipinski definition) is 0. The van der Waals surface area contributed by atoms with Gasteiger partial charge < -0.3 is 4.90 Å². The Balaban J connectivity index is 2.37. The Morgan fingerprint density at radius 2 is 2.31 bits per heavy atom. The number of anilines is 1. The highest BCUT2D eigenvalue weighted by Gasteiger charge is 2.30. The number of pyridine rings is 1. The average molecular weight is 215 g/mol. The van der Waals surface area contributed by atoms with E-state index in [9.17, 15) is 5.26 Å². The minimum Gasteiger partial charge on any atom is -0.353 e. The van der Waals surface area contributed by atoms with Gasteiger partial charge in [0.15, 0.2) is 0 Å². The van der Waals surface area contributed by atoms with Crippen LogP contribution in [-0.2, 0) is 0 Å². The summed E-state index contributed by atoms with van der Waals surface area (Å²) >= 11 is 0. The first-order valence-electron chi connectivity index (χ1n) is 5.90. The Hall–Kier alpha value is -1.56. The second-order valence-electron chi connectivity index (χ2n) is 4.36. The molecule has 1 aliphatic rings. The fourth-order valence-corrected chi connectivity index (χ4v) is 1.99. The monoisotopic (exact) mass is 215 g/mol. The van der Waals surface area contributed by atoms with Gasteiger partial charge in [0.25, 0.3) is 0 Å². The zero-order chi connectivity index (χ0) is 11.5. The zero-order valence-electron chi connectivity index (χ0n) is 9.90. The fraction of sp³-hybridized carbons (Fsp3) is 0.538. The molecule has 1 aromatic heterocycles. The van der Waals surface area contributed by atoms with Gasteiger partial charge in [-0.1, -0.05) is 6.92 Å². The van der Waals surface area contributed by atoms with E-state index in [0.29, 0.717) is 6.04 Å². The summed E-state index contributed by atoms with van der Waals surface area (Å²) in [6.07, 6.45) is 5.37. The van der Waals surface area contributed by atoms with E-state index in [2.05, 4.69) is 22.9 Å². The lowest BCUT2D eigenvalue weighted by atomic mass is 10.1. The number of aromatic nitrogens is 1. The molecule has 3 nitrogen and oxygen atoms in total. The summed E-state index contributed by atoms with van der Waals surface area (Å²) < 4.78 is 0. The van der Waals surface area contributed by atoms with Crippen molar-refractivity contribution in [2.24, 2.45) is 0 Å². The van der Waals surface area contributed by atoms with E-state index in [0.717, 1.165) is 29.9 Å². The summed E-state index contributed by atoms with van der Waals surface area (Å²) in [4.78, 5) is 6.69. The highest BCUT2D eigenvalue weighted by molar-refractivity contribution is 5.58. The quantitative estimate of drug-likeness (QED) is 0.775. The van der Waals surface area contributed by atoms with E-state index >= 15 is 0 Å². The van der Waals surface area contributed by atoms with E-state index in [1.807, 2.05) is 13.0 Å². The number of aryl methyl sites for hydroxylation is 1. The summed E-state index contributed by atoms with van der Waals surface area (Å²) in [5.74, 6) is 0.881. The van der Waals surface area contributed by atoms with Gasteiger partial charge >= 0.3 is 0 Å². The van der Waals surface area contributed by atoms with Gasteiger partial charge in [0, 0.05) is 18.8 Å². The van der Waals surface area contributed by atoms with E-state index in [-0.39, 0.29) is 0 Å². The van der Waals surface area contributed by atoms with Gasteiger partial charge in [-0.15, -0.1) is 0 Å². The fourth-order valence-electron chi connectivity index (χ4n) is 1.99. The van der Waals surface area contributed by atoms with Gasteiger partial charge in [0.2, 0.25) is 0 Å². The predicted molar refractivity (Wildman–Crippen MR) is 64.3 cm³/mol. The van der Waals surface area contributed by atoms with Crippen molar-refractivity contribution >= 4 is 5.82 Å². The van der Waals surface area contributed by atoms with E-state index in [1.54, 1.807) is 6.20 Å². The van der Waals surface area contributed by atoms with Crippen molar-refractivity contribution in [3.8, 4) is 6.07 Å². The topological polar surface area (TPSA) is 39.9 Å². The van der Waals surface area contributed by atoms with Crippen LogP contribution >= 0.6 is 0 Å². The molecule has 1 fully saturated rings. The van der Waals surface area contributed by atoms with Gasteiger partial charge in [-0.25, -0.2) is 4.98 Å². The Labute approximate surface area is 96.7 Å². The largest absolute Gasteiger partial charge is 0.353 e. The van der Waals surface area contributed by atoms with Crippen molar-refractivity contribution in [2.45, 2.75) is 39.2 Å². The average Bonchev–Trinajstić information content (AvgIpc) is 3.09. The minimum atomic E-state index is 0.612. The van der Waals surface area contributed by atoms with Gasteiger partial charge in [-0.3, -0.25) is 0 Å². The van der Waals surface area contributed by atoms with Crippen LogP contribution in [0.2, 0.25) is 0 Å². The van der Waals surface area contributed by atoms with Crippen LogP contribution in [0.4, 0.5) is 5.82 Å². The molecule has 0 aliphatic heterocycles. The molecule has 0 unspecified atom stereocenters. The summed E-state index contributed by atoms with van der Waals surface area (Å²) in [5, 5.41) is 9.20. The maximum absolute atomic E-state index is 9.20. The molecule has 1 saturated carbocycles. The molecule has 0 spiro atoms. The molecule has 1 aromatic rings. The maximum atomic E-state index is 9.20. The van der Waals surface area contributed by atoms with Crippen molar-refractivity contribution in [2.75, 3.05) is 11.4 Å². The highest BCUT2D eigenvalue weighted by atomic mass is 15.2. The van der Waals surface area contributed by atoms with Crippen LogP contribution in [0.15, 0.2) is 12.3 Å². The molecule has 0 N–H and O–H groups in total. The number of nitrogens with zero attached hydrogens (tertiary/aromatic N) is 3. The second-order valence-corrected chi connectivity index (χ2v) is 4.36. The van der Waals surface area contributed by atoms with Crippen molar-refractivity contribution in [3.63, 3.8) is 0 Å². The molecular weight excluding hydrogens is 198 g/mol. The molecule has 2 rings (SSSR count). The maximum Gasteiger partial charge on any atom is 0.146 e. The normalized spacial score (nSPS) is 14.6. The van der Waals surface area contributed by atoms with Crippen LogP contribution in [0.25, 0.3) is 0 Å². The molecule has 0 amide bonds. The first kappa shape index (κ1) is 10.9. The molecule has 0 atom stereocenters. The molecule has 0 bridgehead atoms. The Kier molecular flexibility index (Phi) is 3.09.